The molecule has 0 saturated carbocycles. The fraction of sp³-hybridized carbons (Fsp3) is 0.435. The molecule has 2 saturated heterocycles. The Kier molecular flexibility index (Phi) is 5.59. The maximum Gasteiger partial charge on any atom is 0.417 e. The summed E-state index contributed by atoms with van der Waals surface area (Å²) in [6.07, 6.45) is -2.51. The highest BCUT2D eigenvalue weighted by atomic mass is 19.4. The van der Waals surface area contributed by atoms with Crippen molar-refractivity contribution in [3.8, 4) is 6.07 Å². The first-order chi connectivity index (χ1) is 15.2. The molecule has 1 N–H and O–H groups in total. The highest BCUT2D eigenvalue weighted by molar-refractivity contribution is 5.94. The summed E-state index contributed by atoms with van der Waals surface area (Å²) >= 11 is 0. The number of anilines is 1. The molecule has 3 heterocycles. The van der Waals surface area contributed by atoms with Gasteiger partial charge in [0.1, 0.15) is 5.69 Å². The van der Waals surface area contributed by atoms with Crippen molar-refractivity contribution < 1.29 is 23.1 Å². The largest absolute Gasteiger partial charge is 0.417 e. The zero-order valence-corrected chi connectivity index (χ0v) is 17.6. The summed E-state index contributed by atoms with van der Waals surface area (Å²) in [4.78, 5) is 20.8. The van der Waals surface area contributed by atoms with Crippen molar-refractivity contribution in [2.75, 3.05) is 37.7 Å². The Balaban J connectivity index is 1.58. The molecule has 4 rings (SSSR count). The Morgan fingerprint density at radius 3 is 2.78 bits per heavy atom. The fourth-order valence-corrected chi connectivity index (χ4v) is 4.85. The molecule has 1 amide bonds. The summed E-state index contributed by atoms with van der Waals surface area (Å²) in [5.41, 5.74) is -0.332. The van der Waals surface area contributed by atoms with Gasteiger partial charge in [-0.1, -0.05) is 6.07 Å². The minimum absolute atomic E-state index is 0.0980. The van der Waals surface area contributed by atoms with E-state index in [1.807, 2.05) is 17.9 Å². The number of aliphatic hydroxyl groups is 1. The van der Waals surface area contributed by atoms with Crippen LogP contribution in [-0.2, 0) is 6.18 Å². The number of likely N-dealkylation sites (tertiary alicyclic amines) is 1. The summed E-state index contributed by atoms with van der Waals surface area (Å²) < 4.78 is 40.2. The van der Waals surface area contributed by atoms with Crippen LogP contribution >= 0.6 is 0 Å². The van der Waals surface area contributed by atoms with Crippen LogP contribution in [0.15, 0.2) is 36.5 Å². The van der Waals surface area contributed by atoms with Gasteiger partial charge in [0.05, 0.1) is 23.8 Å². The van der Waals surface area contributed by atoms with Crippen molar-refractivity contribution >= 4 is 11.6 Å². The number of aromatic nitrogens is 1. The number of nitriles is 1. The van der Waals surface area contributed by atoms with Crippen molar-refractivity contribution in [2.45, 2.75) is 19.5 Å². The van der Waals surface area contributed by atoms with Crippen molar-refractivity contribution in [2.24, 2.45) is 11.3 Å². The van der Waals surface area contributed by atoms with E-state index in [1.54, 1.807) is 23.2 Å². The van der Waals surface area contributed by atoms with Crippen LogP contribution in [0.25, 0.3) is 0 Å². The van der Waals surface area contributed by atoms with E-state index in [4.69, 9.17) is 5.26 Å². The number of nitrogens with zero attached hydrogens (tertiary/aromatic N) is 4. The molecule has 0 spiro atoms. The van der Waals surface area contributed by atoms with Gasteiger partial charge in [-0.2, -0.15) is 18.4 Å². The number of hydrogen-bond donors (Lipinski definition) is 1. The van der Waals surface area contributed by atoms with Gasteiger partial charge < -0.3 is 14.9 Å². The number of benzene rings is 1. The number of halogens is 3. The van der Waals surface area contributed by atoms with E-state index in [1.165, 1.54) is 12.1 Å². The molecule has 32 heavy (non-hydrogen) atoms. The monoisotopic (exact) mass is 444 g/mol. The Morgan fingerprint density at radius 2 is 2.12 bits per heavy atom. The standard InChI is InChI=1S/C23H23F3N4O2/c1-15-3-2-7-28-20(15)21(32)30-12-17-11-29(8-6-22(17,13-30)14-31)18-5-4-16(10-27)19(9-18)23(24,25)26/h2-5,7,9,17,31H,6,8,11-14H2,1H3/t17-,22+/m1/s1. The van der Waals surface area contributed by atoms with Gasteiger partial charge in [-0.15, -0.1) is 0 Å². The zero-order valence-electron chi connectivity index (χ0n) is 17.6. The smallest absolute Gasteiger partial charge is 0.396 e. The normalized spacial score (nSPS) is 23.1. The molecule has 1 aromatic heterocycles. The molecule has 2 atom stereocenters. The van der Waals surface area contributed by atoms with E-state index in [0.29, 0.717) is 44.0 Å². The van der Waals surface area contributed by atoms with Crippen molar-refractivity contribution in [1.82, 2.24) is 9.88 Å². The number of piperidine rings is 1. The first-order valence-electron chi connectivity index (χ1n) is 10.4. The lowest BCUT2D eigenvalue weighted by atomic mass is 9.73. The summed E-state index contributed by atoms with van der Waals surface area (Å²) in [6, 6.07) is 8.91. The third-order valence-electron chi connectivity index (χ3n) is 6.74. The molecule has 2 aliphatic heterocycles. The molecule has 168 valence electrons. The Morgan fingerprint density at radius 1 is 1.34 bits per heavy atom. The number of fused-ring (bicyclic) bond motifs is 1. The number of pyridine rings is 1. The van der Waals surface area contributed by atoms with Crippen LogP contribution in [-0.4, -0.2) is 53.7 Å². The van der Waals surface area contributed by atoms with Crippen LogP contribution in [0.5, 0.6) is 0 Å². The van der Waals surface area contributed by atoms with Crippen LogP contribution in [0, 0.1) is 29.6 Å². The van der Waals surface area contributed by atoms with Gasteiger partial charge in [0.25, 0.3) is 5.91 Å². The van der Waals surface area contributed by atoms with E-state index in [0.717, 1.165) is 11.6 Å². The van der Waals surface area contributed by atoms with Crippen LogP contribution in [0.3, 0.4) is 0 Å². The average Bonchev–Trinajstić information content (AvgIpc) is 3.17. The number of aryl methyl sites for hydroxylation is 1. The number of carbonyl (C=O) groups excluding carboxylic acids is 1. The number of carbonyl (C=O) groups is 1. The maximum absolute atomic E-state index is 13.4. The molecule has 2 aliphatic rings. The first-order valence-corrected chi connectivity index (χ1v) is 10.4. The first kappa shape index (κ1) is 22.1. The average molecular weight is 444 g/mol. The predicted octanol–water partition coefficient (Wildman–Crippen LogP) is 3.24. The van der Waals surface area contributed by atoms with Crippen molar-refractivity contribution in [1.29, 1.82) is 5.26 Å². The van der Waals surface area contributed by atoms with Gasteiger partial charge in [0.15, 0.2) is 0 Å². The van der Waals surface area contributed by atoms with E-state index in [2.05, 4.69) is 4.98 Å². The summed E-state index contributed by atoms with van der Waals surface area (Å²) in [5.74, 6) is -0.297. The molecular formula is C23H23F3N4O2. The fourth-order valence-electron chi connectivity index (χ4n) is 4.85. The molecule has 0 aliphatic carbocycles. The minimum Gasteiger partial charge on any atom is -0.396 e. The lowest BCUT2D eigenvalue weighted by molar-refractivity contribution is -0.137. The van der Waals surface area contributed by atoms with E-state index < -0.39 is 22.7 Å². The van der Waals surface area contributed by atoms with Gasteiger partial charge in [0.2, 0.25) is 0 Å². The van der Waals surface area contributed by atoms with E-state index in [9.17, 15) is 23.1 Å². The summed E-state index contributed by atoms with van der Waals surface area (Å²) in [7, 11) is 0. The molecule has 9 heteroatoms. The van der Waals surface area contributed by atoms with E-state index in [-0.39, 0.29) is 18.4 Å². The number of hydrogen-bond acceptors (Lipinski definition) is 5. The molecule has 2 fully saturated rings. The lowest BCUT2D eigenvalue weighted by Gasteiger charge is -2.43. The van der Waals surface area contributed by atoms with Crippen LogP contribution < -0.4 is 4.90 Å². The van der Waals surface area contributed by atoms with Gasteiger partial charge in [-0.3, -0.25) is 9.78 Å². The quantitative estimate of drug-likeness (QED) is 0.786. The molecule has 6 nitrogen and oxygen atoms in total. The number of rotatable bonds is 3. The molecule has 0 unspecified atom stereocenters. The van der Waals surface area contributed by atoms with Crippen LogP contribution in [0.1, 0.15) is 33.6 Å². The Bertz CT molecular complexity index is 1080. The highest BCUT2D eigenvalue weighted by Gasteiger charge is 2.50. The second-order valence-corrected chi connectivity index (χ2v) is 8.61. The molecular weight excluding hydrogens is 421 g/mol. The highest BCUT2D eigenvalue weighted by Crippen LogP contribution is 2.44. The maximum atomic E-state index is 13.4. The van der Waals surface area contributed by atoms with Crippen molar-refractivity contribution in [3.63, 3.8) is 0 Å². The molecule has 0 bridgehead atoms. The van der Waals surface area contributed by atoms with Gasteiger partial charge >= 0.3 is 6.18 Å². The molecule has 1 aromatic carbocycles. The predicted molar refractivity (Wildman–Crippen MR) is 111 cm³/mol. The summed E-state index contributed by atoms with van der Waals surface area (Å²) in [6.45, 7) is 3.36. The molecule has 0 radical (unpaired) electrons. The third kappa shape index (κ3) is 3.79. The zero-order chi connectivity index (χ0) is 23.1. The van der Waals surface area contributed by atoms with Gasteiger partial charge in [-0.25, -0.2) is 0 Å². The second-order valence-electron chi connectivity index (χ2n) is 8.61. The van der Waals surface area contributed by atoms with E-state index >= 15 is 0 Å². The number of aliphatic hydroxyl groups excluding tert-OH is 1. The number of amides is 1. The SMILES string of the molecule is Cc1cccnc1C(=O)N1C[C@H]2CN(c3ccc(C#N)c(C(F)(F)F)c3)CC[C@@]2(CO)C1. The van der Waals surface area contributed by atoms with Crippen LogP contribution in [0.2, 0.25) is 0 Å². The minimum atomic E-state index is -4.62. The number of alkyl halides is 3. The second kappa shape index (κ2) is 8.10. The van der Waals surface area contributed by atoms with Crippen LogP contribution in [0.4, 0.5) is 18.9 Å². The summed E-state index contributed by atoms with van der Waals surface area (Å²) in [5, 5.41) is 19.2. The van der Waals surface area contributed by atoms with Crippen molar-refractivity contribution in [3.05, 3.63) is 58.9 Å². The Hall–Kier alpha value is -3.12. The van der Waals surface area contributed by atoms with Gasteiger partial charge in [-0.05, 0) is 43.2 Å². The van der Waals surface area contributed by atoms with Gasteiger partial charge in [0, 0.05) is 49.4 Å². The third-order valence-corrected chi connectivity index (χ3v) is 6.74. The Labute approximate surface area is 183 Å². The molecule has 2 aromatic rings. The lowest BCUT2D eigenvalue weighted by Crippen LogP contribution is -2.49. The topological polar surface area (TPSA) is 80.5 Å².